The molecule has 2 rings (SSSR count). The second kappa shape index (κ2) is 6.24. The quantitative estimate of drug-likeness (QED) is 0.848. The monoisotopic (exact) mass is 300 g/mol. The fourth-order valence-electron chi connectivity index (χ4n) is 2.68. The summed E-state index contributed by atoms with van der Waals surface area (Å²) in [6, 6.07) is 0.0419. The Labute approximate surface area is 121 Å². The van der Waals surface area contributed by atoms with E-state index in [4.69, 9.17) is 0 Å². The minimum Gasteiger partial charge on any atom is -0.336 e. The zero-order chi connectivity index (χ0) is 14.8. The molecule has 0 radical (unpaired) electrons. The van der Waals surface area contributed by atoms with Crippen LogP contribution in [-0.4, -0.2) is 48.5 Å². The Morgan fingerprint density at radius 3 is 2.90 bits per heavy atom. The van der Waals surface area contributed by atoms with Gasteiger partial charge in [0.15, 0.2) is 5.03 Å². The van der Waals surface area contributed by atoms with Gasteiger partial charge in [-0.3, -0.25) is 0 Å². The number of imidazole rings is 1. The predicted molar refractivity (Wildman–Crippen MR) is 77.9 cm³/mol. The van der Waals surface area contributed by atoms with Gasteiger partial charge in [0, 0.05) is 31.9 Å². The van der Waals surface area contributed by atoms with Crippen molar-refractivity contribution >= 4 is 10.0 Å². The summed E-state index contributed by atoms with van der Waals surface area (Å²) in [5, 5.41) is 3.23. The molecule has 1 aliphatic rings. The summed E-state index contributed by atoms with van der Waals surface area (Å²) in [7, 11) is -1.62. The predicted octanol–water partition coefficient (Wildman–Crippen LogP) is 0.912. The summed E-state index contributed by atoms with van der Waals surface area (Å²) in [6.07, 6.45) is 5.07. The first-order chi connectivity index (χ1) is 9.45. The molecule has 0 amide bonds. The summed E-state index contributed by atoms with van der Waals surface area (Å²) in [5.41, 5.74) is 0. The summed E-state index contributed by atoms with van der Waals surface area (Å²) in [5.74, 6) is 0.462. The average Bonchev–Trinajstić information content (AvgIpc) is 2.98. The molecule has 114 valence electrons. The maximum absolute atomic E-state index is 12.6. The molecule has 20 heavy (non-hydrogen) atoms. The van der Waals surface area contributed by atoms with Crippen LogP contribution < -0.4 is 5.32 Å². The van der Waals surface area contributed by atoms with Crippen LogP contribution in [0.25, 0.3) is 0 Å². The Morgan fingerprint density at radius 1 is 1.50 bits per heavy atom. The van der Waals surface area contributed by atoms with Crippen LogP contribution in [0.2, 0.25) is 0 Å². The first-order valence-electron chi connectivity index (χ1n) is 7.13. The van der Waals surface area contributed by atoms with Crippen LogP contribution in [0.5, 0.6) is 0 Å². The molecule has 0 bridgehead atoms. The normalized spacial score (nSPS) is 20.9. The van der Waals surface area contributed by atoms with E-state index < -0.39 is 10.0 Å². The van der Waals surface area contributed by atoms with Crippen LogP contribution in [0.1, 0.15) is 26.7 Å². The molecule has 2 heterocycles. The van der Waals surface area contributed by atoms with E-state index in [0.29, 0.717) is 19.0 Å². The summed E-state index contributed by atoms with van der Waals surface area (Å²) in [4.78, 5) is 4.09. The van der Waals surface area contributed by atoms with Gasteiger partial charge >= 0.3 is 0 Å². The van der Waals surface area contributed by atoms with E-state index in [2.05, 4.69) is 24.1 Å². The molecule has 7 heteroatoms. The van der Waals surface area contributed by atoms with Gasteiger partial charge in [0.05, 0.1) is 6.33 Å². The number of hydrogen-bond acceptors (Lipinski definition) is 4. The third-order valence-electron chi connectivity index (χ3n) is 3.52. The Bertz CT molecular complexity index is 538. The summed E-state index contributed by atoms with van der Waals surface area (Å²) in [6.45, 7) is 6.25. The van der Waals surface area contributed by atoms with Crippen molar-refractivity contribution in [2.75, 3.05) is 20.1 Å². The number of aromatic nitrogens is 2. The van der Waals surface area contributed by atoms with Crippen molar-refractivity contribution in [1.82, 2.24) is 19.2 Å². The van der Waals surface area contributed by atoms with Crippen LogP contribution in [0.3, 0.4) is 0 Å². The Kier molecular flexibility index (Phi) is 4.82. The van der Waals surface area contributed by atoms with Crippen LogP contribution >= 0.6 is 0 Å². The molecule has 0 aliphatic carbocycles. The van der Waals surface area contributed by atoms with E-state index in [-0.39, 0.29) is 11.1 Å². The lowest BCUT2D eigenvalue weighted by molar-refractivity contribution is 0.377. The van der Waals surface area contributed by atoms with Gasteiger partial charge in [-0.05, 0) is 25.8 Å². The highest BCUT2D eigenvalue weighted by Crippen LogP contribution is 2.24. The molecular formula is C13H24N4O2S. The molecule has 1 unspecified atom stereocenters. The summed E-state index contributed by atoms with van der Waals surface area (Å²) < 4.78 is 28.7. The number of hydrogen-bond donors (Lipinski definition) is 1. The highest BCUT2D eigenvalue weighted by molar-refractivity contribution is 7.89. The number of rotatable bonds is 6. The van der Waals surface area contributed by atoms with Gasteiger partial charge in [0.1, 0.15) is 0 Å². The van der Waals surface area contributed by atoms with E-state index in [0.717, 1.165) is 19.4 Å². The molecule has 1 atom stereocenters. The molecule has 0 saturated carbocycles. The van der Waals surface area contributed by atoms with Crippen LogP contribution in [0, 0.1) is 5.92 Å². The van der Waals surface area contributed by atoms with Crippen LogP contribution in [-0.2, 0) is 16.6 Å². The smallest absolute Gasteiger partial charge is 0.262 e. The van der Waals surface area contributed by atoms with Crippen LogP contribution in [0.15, 0.2) is 17.6 Å². The van der Waals surface area contributed by atoms with Crippen molar-refractivity contribution < 1.29 is 8.42 Å². The lowest BCUT2D eigenvalue weighted by atomic mass is 10.2. The van der Waals surface area contributed by atoms with Gasteiger partial charge in [-0.1, -0.05) is 13.8 Å². The van der Waals surface area contributed by atoms with Gasteiger partial charge < -0.3 is 9.88 Å². The topological polar surface area (TPSA) is 67.2 Å². The van der Waals surface area contributed by atoms with Crippen molar-refractivity contribution in [2.45, 2.75) is 44.3 Å². The average molecular weight is 300 g/mol. The highest BCUT2D eigenvalue weighted by Gasteiger charge is 2.36. The molecule has 0 aromatic carbocycles. The van der Waals surface area contributed by atoms with Crippen LogP contribution in [0.4, 0.5) is 0 Å². The molecule has 0 spiro atoms. The zero-order valence-corrected chi connectivity index (χ0v) is 13.2. The highest BCUT2D eigenvalue weighted by atomic mass is 32.2. The van der Waals surface area contributed by atoms with Crippen molar-refractivity contribution in [3.05, 3.63) is 12.5 Å². The molecule has 1 aromatic heterocycles. The van der Waals surface area contributed by atoms with Crippen molar-refractivity contribution in [2.24, 2.45) is 5.92 Å². The molecule has 1 fully saturated rings. The molecule has 1 aromatic rings. The fourth-order valence-corrected chi connectivity index (χ4v) is 4.31. The van der Waals surface area contributed by atoms with Gasteiger partial charge in [-0.15, -0.1) is 0 Å². The number of nitrogens with zero attached hydrogens (tertiary/aromatic N) is 3. The Morgan fingerprint density at radius 2 is 2.25 bits per heavy atom. The SMILES string of the molecule is CNCC1CCCN1S(=O)(=O)c1cn(CC(C)C)cn1. The number of likely N-dealkylation sites (N-methyl/N-ethyl adjacent to an activating group) is 1. The maximum Gasteiger partial charge on any atom is 0.262 e. The zero-order valence-electron chi connectivity index (χ0n) is 12.4. The van der Waals surface area contributed by atoms with E-state index >= 15 is 0 Å². The van der Waals surface area contributed by atoms with Gasteiger partial charge in [-0.25, -0.2) is 13.4 Å². The van der Waals surface area contributed by atoms with Gasteiger partial charge in [-0.2, -0.15) is 4.31 Å². The van der Waals surface area contributed by atoms with Crippen molar-refractivity contribution in [1.29, 1.82) is 0 Å². The Balaban J connectivity index is 2.19. The molecule has 1 saturated heterocycles. The fraction of sp³-hybridized carbons (Fsp3) is 0.769. The van der Waals surface area contributed by atoms with Crippen molar-refractivity contribution in [3.63, 3.8) is 0 Å². The minimum absolute atomic E-state index is 0.0419. The second-order valence-corrected chi connectivity index (χ2v) is 7.61. The summed E-state index contributed by atoms with van der Waals surface area (Å²) >= 11 is 0. The van der Waals surface area contributed by atoms with E-state index in [1.165, 1.54) is 0 Å². The van der Waals surface area contributed by atoms with Gasteiger partial charge in [0.2, 0.25) is 0 Å². The first kappa shape index (κ1) is 15.5. The molecule has 1 aliphatic heterocycles. The maximum atomic E-state index is 12.6. The van der Waals surface area contributed by atoms with Gasteiger partial charge in [0.25, 0.3) is 10.0 Å². The number of sulfonamides is 1. The standard InChI is InChI=1S/C13H24N4O2S/c1-11(2)8-16-9-13(15-10-16)20(18,19)17-6-4-5-12(17)7-14-3/h9-12,14H,4-8H2,1-3H3. The molecule has 1 N–H and O–H groups in total. The lowest BCUT2D eigenvalue weighted by Crippen LogP contribution is -2.40. The lowest BCUT2D eigenvalue weighted by Gasteiger charge is -2.22. The third kappa shape index (κ3) is 3.21. The second-order valence-electron chi connectivity index (χ2n) is 5.77. The minimum atomic E-state index is -3.46. The van der Waals surface area contributed by atoms with E-state index in [9.17, 15) is 8.42 Å². The molecular weight excluding hydrogens is 276 g/mol. The third-order valence-corrected chi connectivity index (χ3v) is 5.36. The first-order valence-corrected chi connectivity index (χ1v) is 8.57. The van der Waals surface area contributed by atoms with Crippen molar-refractivity contribution in [3.8, 4) is 0 Å². The molecule has 6 nitrogen and oxygen atoms in total. The largest absolute Gasteiger partial charge is 0.336 e. The Hall–Kier alpha value is -0.920. The number of nitrogens with one attached hydrogen (secondary N) is 1. The van der Waals surface area contributed by atoms with E-state index in [1.54, 1.807) is 16.8 Å². The van der Waals surface area contributed by atoms with E-state index in [1.807, 2.05) is 11.6 Å².